The van der Waals surface area contributed by atoms with Crippen molar-refractivity contribution in [3.8, 4) is 5.75 Å². The van der Waals surface area contributed by atoms with Crippen molar-refractivity contribution in [1.29, 1.82) is 0 Å². The van der Waals surface area contributed by atoms with Crippen LogP contribution in [0.4, 0.5) is 5.69 Å². The number of amides is 11. The molecule has 3 aliphatic rings. The molecule has 0 aliphatic carbocycles. The number of Topliss-reactive ketones (excluding diaryl/α,β-unsaturated/α-hetero) is 1. The molecule has 1 fully saturated rings. The summed E-state index contributed by atoms with van der Waals surface area (Å²) in [5.41, 5.74) is 4.45. The highest BCUT2D eigenvalue weighted by Gasteiger charge is 2.53. The molecule has 32 heteroatoms. The number of nitrogens with one attached hydrogen (secondary N) is 11. The van der Waals surface area contributed by atoms with Gasteiger partial charge in [-0.2, -0.15) is 0 Å². The first-order chi connectivity index (χ1) is 43.0. The molecule has 3 aliphatic heterocycles. The molecule has 496 valence electrons. The Labute approximate surface area is 526 Å². The molecule has 91 heavy (non-hydrogen) atoms. The van der Waals surface area contributed by atoms with Crippen LogP contribution < -0.4 is 63.6 Å². The number of nitrogens with zero attached hydrogens (tertiary/aromatic N) is 1. The third-order valence-electron chi connectivity index (χ3n) is 16.0. The van der Waals surface area contributed by atoms with Crippen LogP contribution in [0.1, 0.15) is 91.7 Å². The zero-order chi connectivity index (χ0) is 67.2. The number of hydrogen-bond acceptors (Lipinski definition) is 19. The largest absolute Gasteiger partial charge is 0.610 e. The van der Waals surface area contributed by atoms with Crippen molar-refractivity contribution in [3.63, 3.8) is 0 Å². The average molecular weight is 1290 g/mol. The number of rotatable bonds is 20. The predicted octanol–water partition coefficient (Wildman–Crippen LogP) is -4.09. The highest BCUT2D eigenvalue weighted by molar-refractivity contribution is 7.91. The number of aldehydes is 1. The lowest BCUT2D eigenvalue weighted by molar-refractivity contribution is -0.147. The number of carbonyl (C=O) groups excluding carboxylic acids is 13. The van der Waals surface area contributed by atoms with Crippen LogP contribution in [0, 0.1) is 17.8 Å². The number of carbonyl (C=O) groups is 13. The van der Waals surface area contributed by atoms with E-state index < -0.39 is 199 Å². The number of ether oxygens (including phenoxy) is 1. The molecule has 4 heterocycles. The first-order valence-electron chi connectivity index (χ1n) is 29.7. The predicted molar refractivity (Wildman–Crippen MR) is 324 cm³/mol. The molecule has 2 unspecified atom stereocenters. The van der Waals surface area contributed by atoms with E-state index in [1.165, 1.54) is 39.0 Å². The molecule has 11 amide bonds. The Morgan fingerprint density at radius 1 is 0.846 bits per heavy atom. The first kappa shape index (κ1) is 71.5. The average Bonchev–Trinajstić information content (AvgIpc) is 1.67. The molecule has 3 aromatic rings. The number of aromatic amines is 1. The molecular formula is C59H81N13O18S. The van der Waals surface area contributed by atoms with Gasteiger partial charge in [0.1, 0.15) is 54.1 Å². The number of anilines is 1. The summed E-state index contributed by atoms with van der Waals surface area (Å²) >= 11 is -2.47. The summed E-state index contributed by atoms with van der Waals surface area (Å²) in [6, 6.07) is 0.238. The maximum Gasteiger partial charge on any atom is 0.248 e. The number of nitrogens with two attached hydrogens (primary N) is 1. The lowest BCUT2D eigenvalue weighted by atomic mass is 9.92. The Balaban J connectivity index is 1.39. The highest BCUT2D eigenvalue weighted by Crippen LogP contribution is 2.33. The van der Waals surface area contributed by atoms with Crippen molar-refractivity contribution in [3.05, 3.63) is 53.6 Å². The molecule has 0 radical (unpaired) electrons. The van der Waals surface area contributed by atoms with Crippen molar-refractivity contribution in [2.75, 3.05) is 37.3 Å². The smallest absolute Gasteiger partial charge is 0.248 e. The number of aliphatic hydroxyl groups is 3. The van der Waals surface area contributed by atoms with Crippen LogP contribution in [-0.4, -0.2) is 199 Å². The van der Waals surface area contributed by atoms with E-state index in [1.54, 1.807) is 52.0 Å². The number of H-pyrrole nitrogens is 1. The van der Waals surface area contributed by atoms with Gasteiger partial charge < -0.3 is 92.9 Å². The molecule has 13 atom stereocenters. The summed E-state index contributed by atoms with van der Waals surface area (Å²) in [5, 5.41) is 57.9. The van der Waals surface area contributed by atoms with E-state index in [9.17, 15) is 72.9 Å². The van der Waals surface area contributed by atoms with E-state index in [-0.39, 0.29) is 64.7 Å². The molecular weight excluding hydrogens is 1210 g/mol. The van der Waals surface area contributed by atoms with E-state index in [2.05, 4.69) is 58.2 Å². The van der Waals surface area contributed by atoms with Gasteiger partial charge in [0.15, 0.2) is 18.0 Å². The Morgan fingerprint density at radius 3 is 2.14 bits per heavy atom. The molecule has 1 aromatic heterocycles. The van der Waals surface area contributed by atoms with Crippen molar-refractivity contribution in [2.45, 2.75) is 159 Å². The monoisotopic (exact) mass is 1290 g/mol. The van der Waals surface area contributed by atoms with Crippen molar-refractivity contribution < 1.29 is 86.9 Å². The van der Waals surface area contributed by atoms with E-state index in [0.717, 1.165) is 4.90 Å². The highest BCUT2D eigenvalue weighted by atomic mass is 32.2. The van der Waals surface area contributed by atoms with Gasteiger partial charge in [0, 0.05) is 72.0 Å². The molecule has 16 N–H and O–H groups in total. The maximum atomic E-state index is 15.1. The van der Waals surface area contributed by atoms with Gasteiger partial charge in [0.05, 0.1) is 49.9 Å². The summed E-state index contributed by atoms with van der Waals surface area (Å²) in [6.45, 7) is 7.62. The topological polar surface area (TPSA) is 480 Å². The van der Waals surface area contributed by atoms with E-state index in [0.29, 0.717) is 17.7 Å². The van der Waals surface area contributed by atoms with Gasteiger partial charge in [-0.1, -0.05) is 53.2 Å². The Morgan fingerprint density at radius 2 is 1.52 bits per heavy atom. The standard InChI is InChI=1S/C59H81N13O18S/c1-8-29(4)49-54(85)62-21-46(80)65-42-26-91(89)57-38(37-15-14-36(17-39(37)68-57)90-25-33-10-12-34(13-11-33)64-51(82)32(7)63-55(86)48(28(2)3)69-45(79)16-9-30(5)75)18-40(52(83)61-22-47(81)70-49)66-56(87)50(31(6)43(77)24-73)71-59(27-74)20-35(76)23-72(59)58(88)41(19-44(60)78)67-53(42)84/h10-15,17,27-29,31-32,35,40-43,48-50,68,71,73,76-77H,8-9,16,18-26H2,1-7H3,(H2,60,78)(H,61,83)(H,62,85)(H,63,86)(H,64,82)(H,65,80)(H,66,87)(H,67,84)(H,69,79)(H,70,81)/t29-,31-,32-,35+,40-,41-,42?,43-,48-,49-,50-,59-,91?/m0/s1. The fourth-order valence-electron chi connectivity index (χ4n) is 10.5. The van der Waals surface area contributed by atoms with Gasteiger partial charge in [-0.3, -0.25) is 62.9 Å². The van der Waals surface area contributed by atoms with Crippen LogP contribution in [0.3, 0.4) is 0 Å². The van der Waals surface area contributed by atoms with Crippen LogP contribution in [-0.2, 0) is 86.5 Å². The van der Waals surface area contributed by atoms with Crippen LogP contribution in [0.5, 0.6) is 5.75 Å². The Kier molecular flexibility index (Phi) is 25.1. The third kappa shape index (κ3) is 18.8. The second-order valence-corrected chi connectivity index (χ2v) is 24.8. The number of primary amides is 1. The van der Waals surface area contributed by atoms with Crippen molar-refractivity contribution >= 4 is 105 Å². The lowest BCUT2D eigenvalue weighted by Crippen LogP contribution is -2.69. The summed E-state index contributed by atoms with van der Waals surface area (Å²) in [6.07, 6.45) is -4.97. The van der Waals surface area contributed by atoms with E-state index in [4.69, 9.17) is 10.5 Å². The van der Waals surface area contributed by atoms with Crippen LogP contribution in [0.2, 0.25) is 0 Å². The number of aliphatic hydroxyl groups excluding tert-OH is 3. The van der Waals surface area contributed by atoms with Gasteiger partial charge in [-0.25, -0.2) is 0 Å². The maximum absolute atomic E-state index is 15.1. The SMILES string of the molecule is CC[C@H](C)[C@@H]1NC(=O)CNC(=O)[C@@H]2Cc3c([nH]c4cc(OCc5ccc(NC(=O)[C@H](C)NC(=O)[C@@H](NC(=O)CCC(C)=O)C(C)C)cc5)ccc34)[S+]([O-])CC(NC(=O)CNC1=O)C(=O)N[C@@H](CC(N)=O)C(=O)N1C[C@H](O)C[C@]1(C=O)N[C@@H]([C@@H](C)[C@@H](O)CO)C(=O)N2. The fourth-order valence-corrected chi connectivity index (χ4v) is 11.9. The zero-order valence-electron chi connectivity index (χ0n) is 51.4. The van der Waals surface area contributed by atoms with Gasteiger partial charge in [0.25, 0.3) is 0 Å². The summed E-state index contributed by atoms with van der Waals surface area (Å²) in [7, 11) is 0. The summed E-state index contributed by atoms with van der Waals surface area (Å²) in [5.74, 6) is -13.3. The Hall–Kier alpha value is -8.56. The fraction of sp³-hybridized carbons (Fsp3) is 0.542. The third-order valence-corrected chi connectivity index (χ3v) is 17.4. The van der Waals surface area contributed by atoms with Crippen molar-refractivity contribution in [2.24, 2.45) is 23.5 Å². The number of hydrogen-bond donors (Lipinski definition) is 15. The normalized spacial score (nSPS) is 24.7. The second kappa shape index (κ2) is 31.9. The van der Waals surface area contributed by atoms with Gasteiger partial charge in [-0.05, 0) is 55.5 Å². The second-order valence-electron chi connectivity index (χ2n) is 23.4. The molecule has 0 saturated carbocycles. The molecule has 2 aromatic carbocycles. The number of aromatic nitrogens is 1. The van der Waals surface area contributed by atoms with Crippen LogP contribution in [0.15, 0.2) is 47.5 Å². The molecule has 0 spiro atoms. The molecule has 2 bridgehead atoms. The number of fused-ring (bicyclic) bond motifs is 5. The minimum atomic E-state index is -2.47. The van der Waals surface area contributed by atoms with Gasteiger partial charge >= 0.3 is 0 Å². The van der Waals surface area contributed by atoms with Crippen LogP contribution in [0.25, 0.3) is 10.9 Å². The Bertz CT molecular complexity index is 3240. The minimum Gasteiger partial charge on any atom is -0.610 e. The van der Waals surface area contributed by atoms with E-state index >= 15 is 9.35 Å². The van der Waals surface area contributed by atoms with Gasteiger partial charge in [0.2, 0.25) is 70.0 Å². The quantitative estimate of drug-likeness (QED) is 0.0378. The van der Waals surface area contributed by atoms with Gasteiger partial charge in [-0.15, -0.1) is 0 Å². The molecule has 31 nitrogen and oxygen atoms in total. The van der Waals surface area contributed by atoms with Crippen molar-refractivity contribution in [1.82, 2.24) is 57.7 Å². The number of ketones is 1. The summed E-state index contributed by atoms with van der Waals surface area (Å²) in [4.78, 5) is 180. The van der Waals surface area contributed by atoms with Crippen LogP contribution >= 0.6 is 0 Å². The minimum absolute atomic E-state index is 0.0130. The summed E-state index contributed by atoms with van der Waals surface area (Å²) < 4.78 is 21.3. The lowest BCUT2D eigenvalue weighted by Gasteiger charge is -2.40. The molecule has 6 rings (SSSR count). The zero-order valence-corrected chi connectivity index (χ0v) is 52.2. The number of benzene rings is 2. The van der Waals surface area contributed by atoms with E-state index in [1.807, 2.05) is 0 Å². The molecule has 1 saturated heterocycles. The first-order valence-corrected chi connectivity index (χ1v) is 31.0.